The average Bonchev–Trinajstić information content (AvgIpc) is 2.79. The molecule has 3 rings (SSSR count). The molecule has 1 saturated heterocycles. The highest BCUT2D eigenvalue weighted by Crippen LogP contribution is 2.30. The van der Waals surface area contributed by atoms with Gasteiger partial charge in [0.15, 0.2) is 0 Å². The number of anilines is 1. The third-order valence-corrected chi connectivity index (χ3v) is 5.83. The van der Waals surface area contributed by atoms with E-state index in [1.54, 1.807) is 23.1 Å². The Morgan fingerprint density at radius 1 is 1.30 bits per heavy atom. The number of likely N-dealkylation sites (tertiary alicyclic amines) is 1. The molecule has 4 N–H and O–H groups in total. The molecule has 0 bridgehead atoms. The largest absolute Gasteiger partial charge is 0.417 e. The van der Waals surface area contributed by atoms with Crippen LogP contribution in [0.15, 0.2) is 46.7 Å². The number of alkyl halides is 3. The first-order chi connectivity index (χ1) is 15.7. The number of nitrogens with one attached hydrogen (secondary N) is 2. The van der Waals surface area contributed by atoms with Crippen molar-refractivity contribution in [1.82, 2.24) is 9.88 Å². The van der Waals surface area contributed by atoms with E-state index in [0.29, 0.717) is 30.0 Å². The van der Waals surface area contributed by atoms with Crippen molar-refractivity contribution in [2.75, 3.05) is 18.4 Å². The summed E-state index contributed by atoms with van der Waals surface area (Å²) >= 11 is 0. The van der Waals surface area contributed by atoms with Crippen molar-refractivity contribution in [3.05, 3.63) is 58.8 Å². The summed E-state index contributed by atoms with van der Waals surface area (Å²) in [6.07, 6.45) is -1.93. The molecule has 2 atom stereocenters. The zero-order valence-electron chi connectivity index (χ0n) is 18.4. The number of hydrazone groups is 1. The molecule has 1 aliphatic rings. The Bertz CT molecular complexity index is 1040. The number of halogens is 3. The summed E-state index contributed by atoms with van der Waals surface area (Å²) in [6.45, 7) is 4.74. The van der Waals surface area contributed by atoms with Gasteiger partial charge in [-0.15, -0.1) is 5.11 Å². The van der Waals surface area contributed by atoms with Crippen LogP contribution >= 0.6 is 0 Å². The minimum absolute atomic E-state index is 0.0490. The van der Waals surface area contributed by atoms with Gasteiger partial charge in [-0.25, -0.2) is 10.5 Å². The smallest absolute Gasteiger partial charge is 0.368 e. The van der Waals surface area contributed by atoms with Crippen molar-refractivity contribution in [2.45, 2.75) is 38.9 Å². The number of piperidine rings is 1. The number of carbonyl (C=O) groups excluding carboxylic acids is 1. The van der Waals surface area contributed by atoms with Crippen molar-refractivity contribution in [1.29, 1.82) is 5.53 Å². The van der Waals surface area contributed by atoms with E-state index in [9.17, 15) is 18.0 Å². The summed E-state index contributed by atoms with van der Waals surface area (Å²) in [7, 11) is 0. The first-order valence-corrected chi connectivity index (χ1v) is 10.5. The van der Waals surface area contributed by atoms with E-state index in [4.69, 9.17) is 11.4 Å². The summed E-state index contributed by atoms with van der Waals surface area (Å²) in [5.41, 5.74) is 8.08. The van der Waals surface area contributed by atoms with Crippen molar-refractivity contribution in [2.24, 2.45) is 22.0 Å². The molecule has 176 valence electrons. The average molecular weight is 461 g/mol. The van der Waals surface area contributed by atoms with Crippen LogP contribution in [0.5, 0.6) is 0 Å². The maximum atomic E-state index is 13.6. The molecule has 2 heterocycles. The van der Waals surface area contributed by atoms with Crippen LogP contribution in [-0.4, -0.2) is 40.8 Å². The molecule has 8 nitrogen and oxygen atoms in total. The lowest BCUT2D eigenvalue weighted by Gasteiger charge is -2.40. The van der Waals surface area contributed by atoms with E-state index in [1.807, 2.05) is 13.8 Å². The lowest BCUT2D eigenvalue weighted by molar-refractivity contribution is -0.137. The Balaban J connectivity index is 1.84. The van der Waals surface area contributed by atoms with E-state index in [-0.39, 0.29) is 23.7 Å². The topological polar surface area (TPSA) is 120 Å². The fourth-order valence-electron chi connectivity index (χ4n) is 4.03. The zero-order valence-corrected chi connectivity index (χ0v) is 18.4. The number of nitrogens with zero attached hydrogens (tertiary/aromatic N) is 4. The minimum atomic E-state index is -4.45. The Morgan fingerprint density at radius 2 is 2.06 bits per heavy atom. The molecule has 0 aliphatic carbocycles. The highest BCUT2D eigenvalue weighted by Gasteiger charge is 2.34. The number of amidine groups is 1. The SMILES string of the molecule is Cc1ccc(/C(N=N)=N/N)c(C(=O)N2CCC[C@@H](C)[C@H]2CNc2ccc(C(F)(F)F)cn2)c1. The molecule has 2 aromatic rings. The molecule has 0 spiro atoms. The van der Waals surface area contributed by atoms with Gasteiger partial charge in [0.2, 0.25) is 5.84 Å². The standard InChI is InChI=1S/C22H26F3N7O/c1-13-5-7-16(20(30-26)31-27)17(10-13)21(33)32-9-3-4-14(2)18(32)12-29-19-8-6-15(11-28-19)22(23,24)25/h5-8,10-11,14,18,26H,3-4,9,12,27H2,1-2H3,(H,28,29)/b30-26?,31-20-/t14-,18-/m1/s1. The highest BCUT2D eigenvalue weighted by molar-refractivity contribution is 6.09. The van der Waals surface area contributed by atoms with Crippen LogP contribution in [0.2, 0.25) is 0 Å². The van der Waals surface area contributed by atoms with Crippen LogP contribution in [0.4, 0.5) is 19.0 Å². The molecular weight excluding hydrogens is 435 g/mol. The van der Waals surface area contributed by atoms with E-state index < -0.39 is 11.7 Å². The number of hydrogen-bond acceptors (Lipinski definition) is 6. The molecule has 1 fully saturated rings. The molecule has 0 saturated carbocycles. The molecular formula is C22H26F3N7O. The summed E-state index contributed by atoms with van der Waals surface area (Å²) in [6, 6.07) is 7.21. The molecule has 0 unspecified atom stereocenters. The van der Waals surface area contributed by atoms with Crippen molar-refractivity contribution < 1.29 is 18.0 Å². The van der Waals surface area contributed by atoms with Crippen LogP contribution in [0, 0.1) is 18.4 Å². The number of carbonyl (C=O) groups is 1. The van der Waals surface area contributed by atoms with E-state index in [2.05, 4.69) is 20.5 Å². The van der Waals surface area contributed by atoms with Crippen molar-refractivity contribution in [3.8, 4) is 0 Å². The van der Waals surface area contributed by atoms with E-state index in [0.717, 1.165) is 30.7 Å². The van der Waals surface area contributed by atoms with Gasteiger partial charge in [-0.3, -0.25) is 4.79 Å². The fourth-order valence-corrected chi connectivity index (χ4v) is 4.03. The molecule has 1 amide bonds. The van der Waals surface area contributed by atoms with Gasteiger partial charge in [0, 0.05) is 24.8 Å². The number of hydrogen-bond donors (Lipinski definition) is 3. The summed E-state index contributed by atoms with van der Waals surface area (Å²) in [4.78, 5) is 19.2. The Labute approximate surface area is 189 Å². The molecule has 33 heavy (non-hydrogen) atoms. The third kappa shape index (κ3) is 5.47. The number of aryl methyl sites for hydroxylation is 1. The van der Waals surface area contributed by atoms with Gasteiger partial charge in [0.1, 0.15) is 5.82 Å². The zero-order chi connectivity index (χ0) is 24.2. The second kappa shape index (κ2) is 9.97. The second-order valence-electron chi connectivity index (χ2n) is 8.11. The maximum Gasteiger partial charge on any atom is 0.417 e. The first kappa shape index (κ1) is 24.1. The predicted octanol–water partition coefficient (Wildman–Crippen LogP) is 4.41. The highest BCUT2D eigenvalue weighted by atomic mass is 19.4. The normalized spacial score (nSPS) is 19.3. The number of nitrogens with two attached hydrogens (primary N) is 1. The van der Waals surface area contributed by atoms with Crippen LogP contribution in [0.25, 0.3) is 0 Å². The predicted molar refractivity (Wildman–Crippen MR) is 118 cm³/mol. The van der Waals surface area contributed by atoms with Gasteiger partial charge in [-0.05, 0) is 49.9 Å². The minimum Gasteiger partial charge on any atom is -0.368 e. The Hall–Kier alpha value is -3.50. The number of aromatic nitrogens is 1. The van der Waals surface area contributed by atoms with Gasteiger partial charge < -0.3 is 16.1 Å². The van der Waals surface area contributed by atoms with Crippen molar-refractivity contribution in [3.63, 3.8) is 0 Å². The molecule has 0 radical (unpaired) electrons. The number of pyridine rings is 1. The van der Waals surface area contributed by atoms with Crippen LogP contribution in [0.3, 0.4) is 0 Å². The lowest BCUT2D eigenvalue weighted by atomic mass is 9.89. The van der Waals surface area contributed by atoms with Gasteiger partial charge >= 0.3 is 6.18 Å². The second-order valence-corrected chi connectivity index (χ2v) is 8.11. The van der Waals surface area contributed by atoms with Gasteiger partial charge in [-0.2, -0.15) is 18.3 Å². The molecule has 11 heteroatoms. The summed E-state index contributed by atoms with van der Waals surface area (Å²) in [5, 5.41) is 9.92. The van der Waals surface area contributed by atoms with E-state index in [1.165, 1.54) is 6.07 Å². The Morgan fingerprint density at radius 3 is 2.67 bits per heavy atom. The molecule has 1 aliphatic heterocycles. The van der Waals surface area contributed by atoms with Gasteiger partial charge in [-0.1, -0.05) is 18.6 Å². The summed E-state index contributed by atoms with van der Waals surface area (Å²) < 4.78 is 38.3. The van der Waals surface area contributed by atoms with E-state index >= 15 is 0 Å². The summed E-state index contributed by atoms with van der Waals surface area (Å²) in [5.74, 6) is 5.53. The third-order valence-electron chi connectivity index (χ3n) is 5.83. The fraction of sp³-hybridized carbons (Fsp3) is 0.409. The lowest BCUT2D eigenvalue weighted by Crippen LogP contribution is -2.51. The van der Waals surface area contributed by atoms with Crippen LogP contribution in [0.1, 0.15) is 46.8 Å². The van der Waals surface area contributed by atoms with Gasteiger partial charge in [0.05, 0.1) is 17.2 Å². The van der Waals surface area contributed by atoms with Crippen LogP contribution in [-0.2, 0) is 6.18 Å². The first-order valence-electron chi connectivity index (χ1n) is 10.5. The van der Waals surface area contributed by atoms with Gasteiger partial charge in [0.25, 0.3) is 5.91 Å². The van der Waals surface area contributed by atoms with Crippen molar-refractivity contribution >= 4 is 17.6 Å². The Kier molecular flexibility index (Phi) is 7.29. The number of rotatable bonds is 5. The quantitative estimate of drug-likeness (QED) is 0.201. The number of amides is 1. The van der Waals surface area contributed by atoms with Crippen LogP contribution < -0.4 is 11.2 Å². The molecule has 1 aromatic carbocycles. The molecule has 1 aromatic heterocycles. The maximum absolute atomic E-state index is 13.6. The number of benzene rings is 1. The monoisotopic (exact) mass is 461 g/mol.